The van der Waals surface area contributed by atoms with Crippen molar-refractivity contribution in [2.75, 3.05) is 0 Å². The molecule has 2 amide bonds. The third kappa shape index (κ3) is 2.61. The van der Waals surface area contributed by atoms with Gasteiger partial charge >= 0.3 is 0 Å². The van der Waals surface area contributed by atoms with E-state index in [1.165, 1.54) is 10.8 Å². The lowest BCUT2D eigenvalue weighted by atomic mass is 9.96. The van der Waals surface area contributed by atoms with Crippen LogP contribution < -0.4 is 5.32 Å². The molecule has 1 fully saturated rings. The van der Waals surface area contributed by atoms with E-state index in [-0.39, 0.29) is 11.1 Å². The molecule has 3 aromatic rings. The Labute approximate surface area is 143 Å². The van der Waals surface area contributed by atoms with Gasteiger partial charge in [-0.05, 0) is 51.0 Å². The zero-order valence-corrected chi connectivity index (χ0v) is 13.5. The fourth-order valence-corrected chi connectivity index (χ4v) is 3.53. The zero-order valence-electron chi connectivity index (χ0n) is 12.7. The molecule has 1 aliphatic heterocycles. The highest BCUT2D eigenvalue weighted by molar-refractivity contribution is 8.18. The van der Waals surface area contributed by atoms with E-state index in [1.54, 1.807) is 6.08 Å². The summed E-state index contributed by atoms with van der Waals surface area (Å²) in [5.41, 5.74) is 1.11. The lowest BCUT2D eigenvalue weighted by Gasteiger charge is -2.08. The van der Waals surface area contributed by atoms with Crippen molar-refractivity contribution >= 4 is 50.5 Å². The lowest BCUT2D eigenvalue weighted by molar-refractivity contribution is -0.115. The molecule has 1 saturated heterocycles. The molecule has 4 heteroatoms. The minimum Gasteiger partial charge on any atom is -0.282 e. The topological polar surface area (TPSA) is 46.2 Å². The van der Waals surface area contributed by atoms with E-state index in [2.05, 4.69) is 35.6 Å². The Morgan fingerprint density at radius 3 is 2.08 bits per heavy atom. The van der Waals surface area contributed by atoms with Crippen LogP contribution in [0.1, 0.15) is 5.56 Å². The third-order valence-corrected chi connectivity index (χ3v) is 4.79. The number of allylic oxidation sites excluding steroid dienone is 2. The molecule has 0 radical (unpaired) electrons. The molecule has 3 nitrogen and oxygen atoms in total. The maximum atomic E-state index is 11.6. The minimum atomic E-state index is -0.336. The van der Waals surface area contributed by atoms with Gasteiger partial charge in [-0.2, -0.15) is 0 Å². The molecule has 0 spiro atoms. The number of benzene rings is 3. The van der Waals surface area contributed by atoms with Crippen molar-refractivity contribution in [3.63, 3.8) is 0 Å². The van der Waals surface area contributed by atoms with Gasteiger partial charge in [0.25, 0.3) is 11.1 Å². The molecule has 0 aromatic heterocycles. The first-order valence-corrected chi connectivity index (χ1v) is 8.36. The summed E-state index contributed by atoms with van der Waals surface area (Å²) in [4.78, 5) is 23.2. The van der Waals surface area contributed by atoms with Gasteiger partial charge in [0.15, 0.2) is 0 Å². The monoisotopic (exact) mass is 331 g/mol. The van der Waals surface area contributed by atoms with Crippen LogP contribution >= 0.6 is 11.8 Å². The summed E-state index contributed by atoms with van der Waals surface area (Å²) in [6, 6.07) is 18.6. The molecule has 0 unspecified atom stereocenters. The second-order valence-electron chi connectivity index (χ2n) is 5.47. The average molecular weight is 331 g/mol. The van der Waals surface area contributed by atoms with Crippen molar-refractivity contribution in [2.45, 2.75) is 0 Å². The number of imide groups is 1. The normalized spacial score (nSPS) is 16.6. The van der Waals surface area contributed by atoms with E-state index < -0.39 is 0 Å². The minimum absolute atomic E-state index is 0.324. The molecular weight excluding hydrogens is 318 g/mol. The van der Waals surface area contributed by atoms with Crippen molar-refractivity contribution in [3.05, 3.63) is 77.2 Å². The Balaban J connectivity index is 1.85. The van der Waals surface area contributed by atoms with Crippen LogP contribution in [0.15, 0.2) is 71.7 Å². The molecule has 3 aromatic carbocycles. The largest absolute Gasteiger partial charge is 0.290 e. The molecule has 1 heterocycles. The number of hydrogen-bond acceptors (Lipinski definition) is 3. The van der Waals surface area contributed by atoms with E-state index in [4.69, 9.17) is 0 Å². The predicted octanol–water partition coefficient (Wildman–Crippen LogP) is 4.87. The Kier molecular flexibility index (Phi) is 3.67. The van der Waals surface area contributed by atoms with Gasteiger partial charge in [0.05, 0.1) is 4.91 Å². The second-order valence-corrected chi connectivity index (χ2v) is 6.48. The molecule has 1 aliphatic rings. The first kappa shape index (κ1) is 14.7. The van der Waals surface area contributed by atoms with Gasteiger partial charge in [-0.15, -0.1) is 0 Å². The Hall–Kier alpha value is -2.85. The first-order chi connectivity index (χ1) is 11.7. The molecule has 4 rings (SSSR count). The zero-order chi connectivity index (χ0) is 16.5. The van der Waals surface area contributed by atoms with Gasteiger partial charge < -0.3 is 0 Å². The summed E-state index contributed by atoms with van der Waals surface area (Å²) < 4.78 is 0. The quantitative estimate of drug-likeness (QED) is 0.538. The average Bonchev–Trinajstić information content (AvgIpc) is 2.91. The predicted molar refractivity (Wildman–Crippen MR) is 99.7 cm³/mol. The van der Waals surface area contributed by atoms with Crippen molar-refractivity contribution in [2.24, 2.45) is 0 Å². The molecular formula is C20H13NO2S. The molecule has 116 valence electrons. The van der Waals surface area contributed by atoms with Crippen LogP contribution in [0.2, 0.25) is 0 Å². The number of carbonyl (C=O) groups excluding carboxylic acids is 2. The Morgan fingerprint density at radius 1 is 0.875 bits per heavy atom. The maximum absolute atomic E-state index is 11.6. The van der Waals surface area contributed by atoms with Gasteiger partial charge in [0.2, 0.25) is 0 Å². The molecule has 24 heavy (non-hydrogen) atoms. The molecule has 0 saturated carbocycles. The summed E-state index contributed by atoms with van der Waals surface area (Å²) in [7, 11) is 0. The van der Waals surface area contributed by atoms with Crippen LogP contribution in [0.3, 0.4) is 0 Å². The number of fused-ring (bicyclic) bond motifs is 2. The van der Waals surface area contributed by atoms with E-state index in [1.807, 2.05) is 36.4 Å². The van der Waals surface area contributed by atoms with Gasteiger partial charge in [-0.1, -0.05) is 60.7 Å². The fourth-order valence-electron chi connectivity index (χ4n) is 2.90. The lowest BCUT2D eigenvalue weighted by Crippen LogP contribution is -2.17. The van der Waals surface area contributed by atoms with E-state index in [0.717, 1.165) is 28.1 Å². The van der Waals surface area contributed by atoms with Crippen LogP contribution in [0.25, 0.3) is 27.6 Å². The van der Waals surface area contributed by atoms with Crippen molar-refractivity contribution < 1.29 is 9.59 Å². The van der Waals surface area contributed by atoms with Crippen LogP contribution in [0.4, 0.5) is 4.79 Å². The van der Waals surface area contributed by atoms with Gasteiger partial charge in [-0.3, -0.25) is 14.9 Å². The summed E-state index contributed by atoms with van der Waals surface area (Å²) >= 11 is 0.926. The molecule has 0 bridgehead atoms. The highest BCUT2D eigenvalue weighted by Gasteiger charge is 2.24. The van der Waals surface area contributed by atoms with Gasteiger partial charge in [0.1, 0.15) is 0 Å². The molecule has 0 atom stereocenters. The fraction of sp³-hybridized carbons (Fsp3) is 0. The molecule has 1 N–H and O–H groups in total. The molecule has 0 aliphatic carbocycles. The summed E-state index contributed by atoms with van der Waals surface area (Å²) in [6.45, 7) is 0. The van der Waals surface area contributed by atoms with Crippen LogP contribution in [0, 0.1) is 0 Å². The maximum Gasteiger partial charge on any atom is 0.290 e. The van der Waals surface area contributed by atoms with E-state index in [9.17, 15) is 9.59 Å². The van der Waals surface area contributed by atoms with Crippen LogP contribution in [-0.2, 0) is 4.79 Å². The number of hydrogen-bond donors (Lipinski definition) is 1. The second kappa shape index (κ2) is 5.98. The smallest absolute Gasteiger partial charge is 0.282 e. The van der Waals surface area contributed by atoms with Crippen molar-refractivity contribution in [1.29, 1.82) is 0 Å². The summed E-state index contributed by atoms with van der Waals surface area (Å²) in [6.07, 6.45) is 5.50. The Morgan fingerprint density at radius 2 is 1.50 bits per heavy atom. The number of nitrogens with one attached hydrogen (secondary N) is 1. The Bertz CT molecular complexity index is 996. The highest BCUT2D eigenvalue weighted by atomic mass is 32.2. The first-order valence-electron chi connectivity index (χ1n) is 7.54. The van der Waals surface area contributed by atoms with Crippen molar-refractivity contribution in [3.8, 4) is 0 Å². The number of rotatable bonds is 2. The number of thioether (sulfide) groups is 1. The highest BCUT2D eigenvalue weighted by Crippen LogP contribution is 2.30. The number of amides is 2. The van der Waals surface area contributed by atoms with E-state index in [0.29, 0.717) is 4.91 Å². The standard InChI is InChI=1S/C20H13NO2S/c22-19-18(24-20(23)21-19)11-5-10-17-15-8-3-1-6-13(15)12-14-7-2-4-9-16(14)17/h1-12H,(H,21,22,23). The van der Waals surface area contributed by atoms with Gasteiger partial charge in [0, 0.05) is 0 Å². The van der Waals surface area contributed by atoms with Crippen molar-refractivity contribution in [1.82, 2.24) is 5.32 Å². The van der Waals surface area contributed by atoms with Crippen LogP contribution in [-0.4, -0.2) is 11.1 Å². The SMILES string of the molecule is O=C1NC(=O)C(=CC=Cc2c3ccccc3cc3ccccc23)S1. The van der Waals surface area contributed by atoms with Gasteiger partial charge in [-0.25, -0.2) is 0 Å². The van der Waals surface area contributed by atoms with E-state index >= 15 is 0 Å². The van der Waals surface area contributed by atoms with Crippen LogP contribution in [0.5, 0.6) is 0 Å². The summed E-state index contributed by atoms with van der Waals surface area (Å²) in [5, 5.41) is 6.60. The third-order valence-electron chi connectivity index (χ3n) is 3.97. The number of carbonyl (C=O) groups is 2. The summed E-state index contributed by atoms with van der Waals surface area (Å²) in [5.74, 6) is -0.336.